The second kappa shape index (κ2) is 3.90. The van der Waals surface area contributed by atoms with Crippen LogP contribution < -0.4 is 5.32 Å². The maximum Gasteiger partial charge on any atom is 0.404 e. The molecule has 1 aliphatic carbocycles. The maximum atomic E-state index is 10.5. The molecule has 0 saturated heterocycles. The molecule has 1 aromatic carbocycles. The smallest absolute Gasteiger partial charge is 0.404 e. The number of nitrogens with one attached hydrogen (secondary N) is 1. The lowest BCUT2D eigenvalue weighted by Gasteiger charge is -2.29. The average Bonchev–Trinajstić information content (AvgIpc) is 2.22. The number of amides is 1. The summed E-state index contributed by atoms with van der Waals surface area (Å²) in [5.74, 6) is 0. The van der Waals surface area contributed by atoms with Crippen LogP contribution in [0.15, 0.2) is 24.3 Å². The molecule has 0 spiro atoms. The summed E-state index contributed by atoms with van der Waals surface area (Å²) in [4.78, 5) is 10.5. The van der Waals surface area contributed by atoms with Crippen LogP contribution in [0.1, 0.15) is 23.7 Å². The molecule has 0 fully saturated rings. The van der Waals surface area contributed by atoms with E-state index in [4.69, 9.17) is 5.11 Å². The van der Waals surface area contributed by atoms with Crippen molar-refractivity contribution in [3.63, 3.8) is 0 Å². The van der Waals surface area contributed by atoms with Crippen molar-refractivity contribution in [2.75, 3.05) is 0 Å². The molecule has 1 amide bonds. The zero-order valence-corrected chi connectivity index (χ0v) is 8.18. The average molecular weight is 207 g/mol. The summed E-state index contributed by atoms with van der Waals surface area (Å²) in [5, 5.41) is 20.9. The van der Waals surface area contributed by atoms with Gasteiger partial charge in [0.05, 0.1) is 12.1 Å². The van der Waals surface area contributed by atoms with Gasteiger partial charge in [0.25, 0.3) is 0 Å². The van der Waals surface area contributed by atoms with Crippen LogP contribution in [0, 0.1) is 0 Å². The Kier molecular flexibility index (Phi) is 2.60. The van der Waals surface area contributed by atoms with Gasteiger partial charge in [0, 0.05) is 0 Å². The van der Waals surface area contributed by atoms with Gasteiger partial charge in [0.1, 0.15) is 0 Å². The van der Waals surface area contributed by atoms with Gasteiger partial charge in [0.2, 0.25) is 0 Å². The molecule has 1 aromatic rings. The SMILES string of the molecule is O=C(O)N[C@H]1CCc2ccccc2[C@H]1O. The molecule has 3 N–H and O–H groups in total. The highest BCUT2D eigenvalue weighted by Gasteiger charge is 2.28. The highest BCUT2D eigenvalue weighted by molar-refractivity contribution is 5.65. The van der Waals surface area contributed by atoms with Gasteiger partial charge < -0.3 is 15.5 Å². The fourth-order valence-electron chi connectivity index (χ4n) is 2.05. The van der Waals surface area contributed by atoms with E-state index < -0.39 is 18.2 Å². The lowest BCUT2D eigenvalue weighted by molar-refractivity contribution is 0.109. The minimum Gasteiger partial charge on any atom is -0.465 e. The lowest BCUT2D eigenvalue weighted by atomic mass is 9.86. The van der Waals surface area contributed by atoms with E-state index in [0.717, 1.165) is 17.5 Å². The Morgan fingerprint density at radius 3 is 2.87 bits per heavy atom. The van der Waals surface area contributed by atoms with Crippen LogP contribution in [-0.2, 0) is 6.42 Å². The number of fused-ring (bicyclic) bond motifs is 1. The third-order valence-electron chi connectivity index (χ3n) is 2.79. The van der Waals surface area contributed by atoms with Gasteiger partial charge in [-0.2, -0.15) is 0 Å². The molecule has 15 heavy (non-hydrogen) atoms. The molecule has 80 valence electrons. The van der Waals surface area contributed by atoms with Crippen molar-refractivity contribution >= 4 is 6.09 Å². The number of aliphatic hydroxyl groups is 1. The largest absolute Gasteiger partial charge is 0.465 e. The van der Waals surface area contributed by atoms with Crippen LogP contribution in [0.25, 0.3) is 0 Å². The first kappa shape index (κ1) is 9.98. The first-order valence-corrected chi connectivity index (χ1v) is 4.94. The zero-order chi connectivity index (χ0) is 10.8. The van der Waals surface area contributed by atoms with Gasteiger partial charge in [-0.15, -0.1) is 0 Å². The summed E-state index contributed by atoms with van der Waals surface area (Å²) >= 11 is 0. The Morgan fingerprint density at radius 2 is 2.13 bits per heavy atom. The Hall–Kier alpha value is -1.55. The number of rotatable bonds is 1. The molecule has 0 heterocycles. The monoisotopic (exact) mass is 207 g/mol. The highest BCUT2D eigenvalue weighted by Crippen LogP contribution is 2.29. The standard InChI is InChI=1S/C11H13NO3/c13-10-8-4-2-1-3-7(8)5-6-9(10)12-11(14)15/h1-4,9-10,12-13H,5-6H2,(H,14,15)/t9-,10+/m0/s1. The first-order chi connectivity index (χ1) is 7.18. The summed E-state index contributed by atoms with van der Waals surface area (Å²) < 4.78 is 0. The van der Waals surface area contributed by atoms with E-state index in [1.165, 1.54) is 0 Å². The molecule has 1 aliphatic rings. The van der Waals surface area contributed by atoms with Crippen LogP contribution in [0.2, 0.25) is 0 Å². The number of hydrogen-bond donors (Lipinski definition) is 3. The van der Waals surface area contributed by atoms with Crippen molar-refractivity contribution in [1.29, 1.82) is 0 Å². The van der Waals surface area contributed by atoms with Gasteiger partial charge >= 0.3 is 6.09 Å². The van der Waals surface area contributed by atoms with Crippen molar-refractivity contribution in [2.45, 2.75) is 25.0 Å². The van der Waals surface area contributed by atoms with Crippen molar-refractivity contribution < 1.29 is 15.0 Å². The van der Waals surface area contributed by atoms with Crippen LogP contribution >= 0.6 is 0 Å². The van der Waals surface area contributed by atoms with E-state index in [9.17, 15) is 9.90 Å². The number of aryl methyl sites for hydroxylation is 1. The fourth-order valence-corrected chi connectivity index (χ4v) is 2.05. The van der Waals surface area contributed by atoms with Crippen LogP contribution in [0.5, 0.6) is 0 Å². The van der Waals surface area contributed by atoms with Gasteiger partial charge in [-0.05, 0) is 24.0 Å². The molecular weight excluding hydrogens is 194 g/mol. The summed E-state index contributed by atoms with van der Waals surface area (Å²) in [5.41, 5.74) is 1.94. The second-order valence-corrected chi connectivity index (χ2v) is 3.74. The normalized spacial score (nSPS) is 24.3. The molecule has 4 nitrogen and oxygen atoms in total. The Balaban J connectivity index is 2.22. The first-order valence-electron chi connectivity index (χ1n) is 4.94. The molecule has 2 rings (SSSR count). The summed E-state index contributed by atoms with van der Waals surface area (Å²) in [6.45, 7) is 0. The molecule has 2 atom stereocenters. The summed E-state index contributed by atoms with van der Waals surface area (Å²) in [7, 11) is 0. The minimum atomic E-state index is -1.08. The Morgan fingerprint density at radius 1 is 1.40 bits per heavy atom. The highest BCUT2D eigenvalue weighted by atomic mass is 16.4. The van der Waals surface area contributed by atoms with E-state index in [1.54, 1.807) is 0 Å². The maximum absolute atomic E-state index is 10.5. The van der Waals surface area contributed by atoms with Crippen LogP contribution in [-0.4, -0.2) is 22.3 Å². The summed E-state index contributed by atoms with van der Waals surface area (Å²) in [6.07, 6.45) is -0.368. The summed E-state index contributed by atoms with van der Waals surface area (Å²) in [6, 6.07) is 7.20. The fraction of sp³-hybridized carbons (Fsp3) is 0.364. The molecule has 0 aromatic heterocycles. The van der Waals surface area contributed by atoms with Gasteiger partial charge in [-0.1, -0.05) is 24.3 Å². The van der Waals surface area contributed by atoms with E-state index in [-0.39, 0.29) is 0 Å². The molecule has 0 radical (unpaired) electrons. The van der Waals surface area contributed by atoms with E-state index in [1.807, 2.05) is 24.3 Å². The number of hydrogen-bond acceptors (Lipinski definition) is 2. The molecular formula is C11H13NO3. The number of carbonyl (C=O) groups is 1. The Labute approximate surface area is 87.6 Å². The van der Waals surface area contributed by atoms with E-state index >= 15 is 0 Å². The van der Waals surface area contributed by atoms with Crippen LogP contribution in [0.4, 0.5) is 4.79 Å². The second-order valence-electron chi connectivity index (χ2n) is 3.74. The predicted octanol–water partition coefficient (Wildman–Crippen LogP) is 1.30. The Bertz CT molecular complexity index is 378. The minimum absolute atomic E-state index is 0.391. The van der Waals surface area contributed by atoms with Crippen molar-refractivity contribution in [3.8, 4) is 0 Å². The van der Waals surface area contributed by atoms with Gasteiger partial charge in [-0.3, -0.25) is 0 Å². The molecule has 0 aliphatic heterocycles. The van der Waals surface area contributed by atoms with Gasteiger partial charge in [-0.25, -0.2) is 4.79 Å². The van der Waals surface area contributed by atoms with E-state index in [0.29, 0.717) is 6.42 Å². The third kappa shape index (κ3) is 1.94. The zero-order valence-electron chi connectivity index (χ0n) is 8.18. The topological polar surface area (TPSA) is 69.6 Å². The van der Waals surface area contributed by atoms with Crippen molar-refractivity contribution in [3.05, 3.63) is 35.4 Å². The number of aliphatic hydroxyl groups excluding tert-OH is 1. The van der Waals surface area contributed by atoms with E-state index in [2.05, 4.69) is 5.32 Å². The predicted molar refractivity (Wildman–Crippen MR) is 54.7 cm³/mol. The molecule has 0 bridgehead atoms. The van der Waals surface area contributed by atoms with Gasteiger partial charge in [0.15, 0.2) is 0 Å². The quantitative estimate of drug-likeness (QED) is 0.650. The molecule has 4 heteroatoms. The van der Waals surface area contributed by atoms with Crippen molar-refractivity contribution in [1.82, 2.24) is 5.32 Å². The molecule has 0 saturated carbocycles. The number of benzene rings is 1. The lowest BCUT2D eigenvalue weighted by Crippen LogP contribution is -2.41. The van der Waals surface area contributed by atoms with Crippen molar-refractivity contribution in [2.24, 2.45) is 0 Å². The third-order valence-corrected chi connectivity index (χ3v) is 2.79. The number of carboxylic acid groups (broad SMARTS) is 1. The molecule has 0 unspecified atom stereocenters. The van der Waals surface area contributed by atoms with Crippen LogP contribution in [0.3, 0.4) is 0 Å².